The van der Waals surface area contributed by atoms with Crippen molar-refractivity contribution in [2.45, 2.75) is 32.6 Å². The van der Waals surface area contributed by atoms with Crippen molar-refractivity contribution in [3.05, 3.63) is 27.2 Å². The topological polar surface area (TPSA) is 24.4 Å². The lowest BCUT2D eigenvalue weighted by atomic mass is 10.2. The van der Waals surface area contributed by atoms with E-state index in [-0.39, 0.29) is 0 Å². The molecule has 17 heavy (non-hydrogen) atoms. The van der Waals surface area contributed by atoms with Crippen molar-refractivity contribution >= 4 is 39.1 Å². The van der Waals surface area contributed by atoms with Gasteiger partial charge < -0.3 is 5.32 Å². The van der Waals surface area contributed by atoms with Gasteiger partial charge in [-0.1, -0.05) is 18.0 Å². The summed E-state index contributed by atoms with van der Waals surface area (Å²) in [6, 6.07) is 3.98. The van der Waals surface area contributed by atoms with Crippen LogP contribution in [0, 0.1) is 6.92 Å². The summed E-state index contributed by atoms with van der Waals surface area (Å²) in [6.07, 6.45) is 4.70. The summed E-state index contributed by atoms with van der Waals surface area (Å²) in [5.41, 5.74) is 2.08. The summed E-state index contributed by atoms with van der Waals surface area (Å²) in [5, 5.41) is 4.16. The summed E-state index contributed by atoms with van der Waals surface area (Å²) < 4.78 is 1.03. The van der Waals surface area contributed by atoms with Crippen molar-refractivity contribution in [2.24, 2.45) is 4.99 Å². The van der Waals surface area contributed by atoms with Gasteiger partial charge in [-0.25, -0.2) is 0 Å². The minimum absolute atomic E-state index is 0.782. The summed E-state index contributed by atoms with van der Waals surface area (Å²) in [5.74, 6) is 1.07. The van der Waals surface area contributed by atoms with Crippen LogP contribution in [0.2, 0.25) is 5.02 Å². The summed E-state index contributed by atoms with van der Waals surface area (Å²) >= 11 is 9.69. The normalized spacial score (nSPS) is 16.3. The molecule has 2 rings (SSSR count). The maximum absolute atomic E-state index is 6.14. The fourth-order valence-electron chi connectivity index (χ4n) is 1.87. The van der Waals surface area contributed by atoms with Crippen LogP contribution < -0.4 is 5.32 Å². The van der Waals surface area contributed by atoms with Crippen LogP contribution >= 0.6 is 27.5 Å². The average molecular weight is 316 g/mol. The number of rotatable bonds is 1. The lowest BCUT2D eigenvalue weighted by Gasteiger charge is -2.12. The van der Waals surface area contributed by atoms with Crippen LogP contribution in [0.15, 0.2) is 21.6 Å². The molecule has 0 amide bonds. The first kappa shape index (κ1) is 12.9. The highest BCUT2D eigenvalue weighted by Crippen LogP contribution is 2.29. The number of aliphatic imine (C=N–C) groups is 1. The van der Waals surface area contributed by atoms with Gasteiger partial charge in [-0.15, -0.1) is 0 Å². The van der Waals surface area contributed by atoms with Gasteiger partial charge in [0.25, 0.3) is 0 Å². The Bertz CT molecular complexity index is 443. The van der Waals surface area contributed by atoms with E-state index in [2.05, 4.69) is 26.2 Å². The van der Waals surface area contributed by atoms with Gasteiger partial charge in [0.05, 0.1) is 5.69 Å². The van der Waals surface area contributed by atoms with Crippen LogP contribution in [-0.2, 0) is 0 Å². The quantitative estimate of drug-likeness (QED) is 0.791. The Morgan fingerprint density at radius 1 is 1.29 bits per heavy atom. The summed E-state index contributed by atoms with van der Waals surface area (Å²) in [4.78, 5) is 4.55. The molecule has 0 unspecified atom stereocenters. The van der Waals surface area contributed by atoms with E-state index in [0.29, 0.717) is 0 Å². The molecule has 0 spiro atoms. The zero-order valence-electron chi connectivity index (χ0n) is 9.89. The van der Waals surface area contributed by atoms with Crippen molar-refractivity contribution in [3.8, 4) is 0 Å². The number of halogens is 2. The Hall–Kier alpha value is -0.540. The van der Waals surface area contributed by atoms with Gasteiger partial charge >= 0.3 is 0 Å². The molecule has 0 aromatic heterocycles. The van der Waals surface area contributed by atoms with E-state index in [1.807, 2.05) is 19.1 Å². The van der Waals surface area contributed by atoms with Gasteiger partial charge in [-0.2, -0.15) is 0 Å². The third kappa shape index (κ3) is 3.46. The maximum atomic E-state index is 6.14. The van der Waals surface area contributed by atoms with Gasteiger partial charge in [0.2, 0.25) is 0 Å². The molecule has 1 aliphatic rings. The average Bonchev–Trinajstić information content (AvgIpc) is 2.54. The van der Waals surface area contributed by atoms with Gasteiger partial charge in [0, 0.05) is 22.5 Å². The molecule has 0 saturated carbocycles. The number of benzene rings is 1. The predicted octanol–water partition coefficient (Wildman–Crippen LogP) is 4.80. The van der Waals surface area contributed by atoms with Crippen LogP contribution in [0.25, 0.3) is 0 Å². The van der Waals surface area contributed by atoms with Crippen LogP contribution in [0.3, 0.4) is 0 Å². The van der Waals surface area contributed by atoms with E-state index >= 15 is 0 Å². The third-order valence-corrected chi connectivity index (χ3v) is 3.96. The van der Waals surface area contributed by atoms with Crippen molar-refractivity contribution < 1.29 is 0 Å². The number of aryl methyl sites for hydroxylation is 1. The monoisotopic (exact) mass is 314 g/mol. The fourth-order valence-corrected chi connectivity index (χ4v) is 2.59. The molecule has 0 radical (unpaired) electrons. The molecule has 1 N–H and O–H groups in total. The van der Waals surface area contributed by atoms with Gasteiger partial charge in [0.1, 0.15) is 5.84 Å². The molecule has 0 atom stereocenters. The number of hydrogen-bond acceptors (Lipinski definition) is 2. The molecule has 92 valence electrons. The molecule has 1 heterocycles. The molecular weight excluding hydrogens is 300 g/mol. The molecule has 0 saturated heterocycles. The second kappa shape index (κ2) is 5.87. The van der Waals surface area contributed by atoms with E-state index in [9.17, 15) is 0 Å². The first-order chi connectivity index (χ1) is 8.16. The third-order valence-electron chi connectivity index (χ3n) is 2.90. The molecule has 0 bridgehead atoms. The summed E-state index contributed by atoms with van der Waals surface area (Å²) in [7, 11) is 0. The largest absolute Gasteiger partial charge is 0.343 e. The van der Waals surface area contributed by atoms with Gasteiger partial charge in [-0.05, 0) is 53.4 Å². The molecule has 1 aliphatic heterocycles. The SMILES string of the molecule is Cc1cc(Br)c(NC2=NCCCCC2)cc1Cl. The first-order valence-corrected chi connectivity index (χ1v) is 7.10. The lowest BCUT2D eigenvalue weighted by Crippen LogP contribution is -2.12. The number of anilines is 1. The second-order valence-electron chi connectivity index (χ2n) is 4.35. The molecule has 0 fully saturated rings. The standard InChI is InChI=1S/C13H16BrClN2/c1-9-7-10(14)12(8-11(9)15)17-13-5-3-2-4-6-16-13/h7-8H,2-6H2,1H3,(H,16,17). The highest BCUT2D eigenvalue weighted by Gasteiger charge is 2.08. The lowest BCUT2D eigenvalue weighted by molar-refractivity contribution is 0.731. The van der Waals surface area contributed by atoms with E-state index in [1.54, 1.807) is 0 Å². The Balaban J connectivity index is 2.17. The zero-order valence-corrected chi connectivity index (χ0v) is 12.2. The van der Waals surface area contributed by atoms with E-state index in [4.69, 9.17) is 11.6 Å². The van der Waals surface area contributed by atoms with E-state index in [1.165, 1.54) is 19.3 Å². The van der Waals surface area contributed by atoms with Gasteiger partial charge in [-0.3, -0.25) is 4.99 Å². The smallest absolute Gasteiger partial charge is 0.101 e. The fraction of sp³-hybridized carbons (Fsp3) is 0.462. The van der Waals surface area contributed by atoms with Crippen LogP contribution in [0.1, 0.15) is 31.2 Å². The molecule has 1 aromatic rings. The predicted molar refractivity (Wildman–Crippen MR) is 78.3 cm³/mol. The number of hydrogen-bond donors (Lipinski definition) is 1. The van der Waals surface area contributed by atoms with Crippen molar-refractivity contribution in [2.75, 3.05) is 11.9 Å². The van der Waals surface area contributed by atoms with Crippen molar-refractivity contribution in [3.63, 3.8) is 0 Å². The van der Waals surface area contributed by atoms with Crippen LogP contribution in [0.4, 0.5) is 5.69 Å². The Morgan fingerprint density at radius 2 is 2.12 bits per heavy atom. The van der Waals surface area contributed by atoms with Crippen LogP contribution in [-0.4, -0.2) is 12.4 Å². The molecular formula is C13H16BrClN2. The maximum Gasteiger partial charge on any atom is 0.101 e. The van der Waals surface area contributed by atoms with E-state index < -0.39 is 0 Å². The minimum atomic E-state index is 0.782. The molecule has 1 aromatic carbocycles. The van der Waals surface area contributed by atoms with Crippen molar-refractivity contribution in [1.82, 2.24) is 0 Å². The van der Waals surface area contributed by atoms with Gasteiger partial charge in [0.15, 0.2) is 0 Å². The van der Waals surface area contributed by atoms with E-state index in [0.717, 1.165) is 39.5 Å². The molecule has 2 nitrogen and oxygen atoms in total. The van der Waals surface area contributed by atoms with Crippen LogP contribution in [0.5, 0.6) is 0 Å². The Morgan fingerprint density at radius 3 is 2.94 bits per heavy atom. The Kier molecular flexibility index (Phi) is 4.46. The highest BCUT2D eigenvalue weighted by molar-refractivity contribution is 9.10. The zero-order chi connectivity index (χ0) is 12.3. The molecule has 4 heteroatoms. The first-order valence-electron chi connectivity index (χ1n) is 5.93. The number of amidine groups is 1. The summed E-state index contributed by atoms with van der Waals surface area (Å²) in [6.45, 7) is 2.93. The number of nitrogens with zero attached hydrogens (tertiary/aromatic N) is 1. The van der Waals surface area contributed by atoms with Crippen molar-refractivity contribution in [1.29, 1.82) is 0 Å². The Labute approximate surface area is 116 Å². The highest BCUT2D eigenvalue weighted by atomic mass is 79.9. The minimum Gasteiger partial charge on any atom is -0.343 e. The molecule has 0 aliphatic carbocycles. The second-order valence-corrected chi connectivity index (χ2v) is 5.61. The number of nitrogens with one attached hydrogen (secondary N) is 1.